The van der Waals surface area contributed by atoms with Gasteiger partial charge in [0.1, 0.15) is 5.75 Å². The summed E-state index contributed by atoms with van der Waals surface area (Å²) in [4.78, 5) is 14.3. The van der Waals surface area contributed by atoms with Gasteiger partial charge in [-0.05, 0) is 17.3 Å². The van der Waals surface area contributed by atoms with E-state index >= 15 is 0 Å². The van der Waals surface area contributed by atoms with Crippen molar-refractivity contribution < 1.29 is 19.2 Å². The third-order valence-corrected chi connectivity index (χ3v) is 2.07. The molecule has 0 spiro atoms. The molecule has 1 aromatic carbocycles. The molecule has 0 saturated carbocycles. The summed E-state index contributed by atoms with van der Waals surface area (Å²) in [5, 5.41) is 12.0. The van der Waals surface area contributed by atoms with Crippen LogP contribution in [-0.4, -0.2) is 28.3 Å². The van der Waals surface area contributed by atoms with E-state index in [0.29, 0.717) is 17.0 Å². The lowest BCUT2D eigenvalue weighted by atomic mass is 10.2. The number of nitrogens with zero attached hydrogens (tertiary/aromatic N) is 2. The molecular formula is C10H9N3O4. The Labute approximate surface area is 95.8 Å². The highest BCUT2D eigenvalue weighted by Gasteiger charge is 2.17. The number of benzene rings is 1. The Kier molecular flexibility index (Phi) is 2.65. The normalized spacial score (nSPS) is 10.2. The van der Waals surface area contributed by atoms with Crippen molar-refractivity contribution in [2.75, 3.05) is 12.8 Å². The van der Waals surface area contributed by atoms with Crippen molar-refractivity contribution in [3.05, 3.63) is 24.0 Å². The Hall–Kier alpha value is -2.57. The molecule has 3 N–H and O–H groups in total. The lowest BCUT2D eigenvalue weighted by molar-refractivity contribution is 0.0680. The van der Waals surface area contributed by atoms with Crippen LogP contribution in [0.4, 0.5) is 5.69 Å². The average molecular weight is 235 g/mol. The van der Waals surface area contributed by atoms with E-state index in [1.54, 1.807) is 18.2 Å². The molecule has 0 aliphatic carbocycles. The molecule has 7 heteroatoms. The van der Waals surface area contributed by atoms with Crippen LogP contribution in [-0.2, 0) is 0 Å². The topological polar surface area (TPSA) is 111 Å². The van der Waals surface area contributed by atoms with Gasteiger partial charge in [0, 0.05) is 11.8 Å². The van der Waals surface area contributed by atoms with Crippen molar-refractivity contribution in [2.45, 2.75) is 0 Å². The quantitative estimate of drug-likeness (QED) is 0.764. The van der Waals surface area contributed by atoms with Crippen LogP contribution in [0, 0.1) is 0 Å². The van der Waals surface area contributed by atoms with Crippen molar-refractivity contribution in [1.82, 2.24) is 10.1 Å². The molecule has 7 nitrogen and oxygen atoms in total. The highest BCUT2D eigenvalue weighted by atomic mass is 16.5. The van der Waals surface area contributed by atoms with Crippen LogP contribution in [0.1, 0.15) is 10.6 Å². The first-order chi connectivity index (χ1) is 8.11. The minimum Gasteiger partial charge on any atom is -0.496 e. The van der Waals surface area contributed by atoms with Crippen molar-refractivity contribution in [1.29, 1.82) is 0 Å². The van der Waals surface area contributed by atoms with E-state index in [-0.39, 0.29) is 5.89 Å². The lowest BCUT2D eigenvalue weighted by Crippen LogP contribution is -1.98. The average Bonchev–Trinajstić information content (AvgIpc) is 2.78. The van der Waals surface area contributed by atoms with Gasteiger partial charge in [0.15, 0.2) is 0 Å². The Morgan fingerprint density at radius 2 is 2.29 bits per heavy atom. The molecule has 0 unspecified atom stereocenters. The largest absolute Gasteiger partial charge is 0.496 e. The number of hydrogen-bond donors (Lipinski definition) is 2. The zero-order valence-corrected chi connectivity index (χ0v) is 8.88. The first-order valence-electron chi connectivity index (χ1n) is 4.62. The molecule has 88 valence electrons. The van der Waals surface area contributed by atoms with Gasteiger partial charge in [0.05, 0.1) is 12.7 Å². The number of hydrogen-bond acceptors (Lipinski definition) is 6. The molecule has 2 rings (SSSR count). The summed E-state index contributed by atoms with van der Waals surface area (Å²) in [5.74, 6) is -1.15. The van der Waals surface area contributed by atoms with Gasteiger partial charge in [-0.15, -0.1) is 0 Å². The first-order valence-corrected chi connectivity index (χ1v) is 4.62. The molecule has 0 saturated heterocycles. The molecule has 2 aromatic rings. The van der Waals surface area contributed by atoms with Gasteiger partial charge in [0.2, 0.25) is 0 Å². The van der Waals surface area contributed by atoms with Gasteiger partial charge >= 0.3 is 5.97 Å². The fraction of sp³-hybridized carbons (Fsp3) is 0.100. The smallest absolute Gasteiger partial charge is 0.377 e. The number of rotatable bonds is 3. The molecule has 0 aliphatic heterocycles. The Morgan fingerprint density at radius 1 is 1.53 bits per heavy atom. The van der Waals surface area contributed by atoms with E-state index in [2.05, 4.69) is 10.1 Å². The molecule has 0 fully saturated rings. The predicted molar refractivity (Wildman–Crippen MR) is 57.7 cm³/mol. The predicted octanol–water partition coefficient (Wildman–Crippen LogP) is 1.03. The number of ether oxygens (including phenoxy) is 1. The summed E-state index contributed by atoms with van der Waals surface area (Å²) in [6, 6.07) is 4.83. The van der Waals surface area contributed by atoms with Crippen LogP contribution < -0.4 is 10.5 Å². The fourth-order valence-electron chi connectivity index (χ4n) is 1.30. The third-order valence-electron chi connectivity index (χ3n) is 2.07. The van der Waals surface area contributed by atoms with E-state index in [9.17, 15) is 4.79 Å². The lowest BCUT2D eigenvalue weighted by Gasteiger charge is -2.04. The summed E-state index contributed by atoms with van der Waals surface area (Å²) < 4.78 is 9.93. The van der Waals surface area contributed by atoms with Crippen molar-refractivity contribution >= 4 is 11.7 Å². The minimum absolute atomic E-state index is 0.0688. The summed E-state index contributed by atoms with van der Waals surface area (Å²) >= 11 is 0. The molecule has 0 aliphatic rings. The summed E-state index contributed by atoms with van der Waals surface area (Å²) in [6.45, 7) is 0. The SMILES string of the molecule is COc1cc(N)ccc1-c1nc(C(=O)O)no1. The van der Waals surface area contributed by atoms with Crippen LogP contribution in [0.5, 0.6) is 5.75 Å². The van der Waals surface area contributed by atoms with Gasteiger partial charge < -0.3 is 20.1 Å². The Morgan fingerprint density at radius 3 is 2.88 bits per heavy atom. The summed E-state index contributed by atoms with van der Waals surface area (Å²) in [6.07, 6.45) is 0. The second-order valence-electron chi connectivity index (χ2n) is 3.19. The Balaban J connectivity index is 2.48. The standard InChI is InChI=1S/C10H9N3O4/c1-16-7-4-5(11)2-3-6(7)9-12-8(10(14)15)13-17-9/h2-4H,11H2,1H3,(H,14,15). The van der Waals surface area contributed by atoms with Crippen LogP contribution in [0.2, 0.25) is 0 Å². The maximum atomic E-state index is 10.6. The third kappa shape index (κ3) is 2.03. The zero-order chi connectivity index (χ0) is 12.4. The number of carbonyl (C=O) groups is 1. The molecule has 1 heterocycles. The van der Waals surface area contributed by atoms with Crippen LogP contribution >= 0.6 is 0 Å². The second kappa shape index (κ2) is 4.12. The number of carboxylic acids is 1. The van der Waals surface area contributed by atoms with E-state index in [4.69, 9.17) is 20.1 Å². The number of nitrogen functional groups attached to an aromatic ring is 1. The minimum atomic E-state index is -1.26. The number of nitrogens with two attached hydrogens (primary N) is 1. The van der Waals surface area contributed by atoms with Crippen molar-refractivity contribution in [2.24, 2.45) is 0 Å². The fourth-order valence-corrected chi connectivity index (χ4v) is 1.30. The maximum Gasteiger partial charge on any atom is 0.377 e. The van der Waals surface area contributed by atoms with E-state index in [0.717, 1.165) is 0 Å². The van der Waals surface area contributed by atoms with Crippen LogP contribution in [0.15, 0.2) is 22.7 Å². The molecule has 17 heavy (non-hydrogen) atoms. The van der Waals surface area contributed by atoms with Crippen molar-refractivity contribution in [3.63, 3.8) is 0 Å². The maximum absolute atomic E-state index is 10.6. The number of carboxylic acid groups (broad SMARTS) is 1. The number of aromatic carboxylic acids is 1. The highest BCUT2D eigenvalue weighted by Crippen LogP contribution is 2.30. The monoisotopic (exact) mass is 235 g/mol. The molecule has 0 radical (unpaired) electrons. The Bertz CT molecular complexity index is 564. The first kappa shape index (κ1) is 10.9. The van der Waals surface area contributed by atoms with Gasteiger partial charge in [-0.25, -0.2) is 4.79 Å². The van der Waals surface area contributed by atoms with Gasteiger partial charge in [-0.1, -0.05) is 0 Å². The van der Waals surface area contributed by atoms with Gasteiger partial charge in [-0.2, -0.15) is 4.98 Å². The van der Waals surface area contributed by atoms with Crippen LogP contribution in [0.3, 0.4) is 0 Å². The molecule has 0 bridgehead atoms. The van der Waals surface area contributed by atoms with Gasteiger partial charge in [-0.3, -0.25) is 0 Å². The van der Waals surface area contributed by atoms with Crippen molar-refractivity contribution in [3.8, 4) is 17.2 Å². The molecule has 1 aromatic heterocycles. The molecule has 0 atom stereocenters. The van der Waals surface area contributed by atoms with E-state index < -0.39 is 11.8 Å². The van der Waals surface area contributed by atoms with E-state index in [1.807, 2.05) is 0 Å². The van der Waals surface area contributed by atoms with Crippen LogP contribution in [0.25, 0.3) is 11.5 Å². The number of methoxy groups -OCH3 is 1. The number of aromatic nitrogens is 2. The molecular weight excluding hydrogens is 226 g/mol. The summed E-state index contributed by atoms with van der Waals surface area (Å²) in [7, 11) is 1.47. The van der Waals surface area contributed by atoms with E-state index in [1.165, 1.54) is 7.11 Å². The highest BCUT2D eigenvalue weighted by molar-refractivity contribution is 5.83. The zero-order valence-electron chi connectivity index (χ0n) is 8.88. The molecule has 0 amide bonds. The summed E-state index contributed by atoms with van der Waals surface area (Å²) in [5.41, 5.74) is 6.60. The second-order valence-corrected chi connectivity index (χ2v) is 3.19. The number of anilines is 1. The van der Waals surface area contributed by atoms with Gasteiger partial charge in [0.25, 0.3) is 11.7 Å².